The minimum atomic E-state index is -0.435. The summed E-state index contributed by atoms with van der Waals surface area (Å²) in [6.45, 7) is 5.63. The Morgan fingerprint density at radius 2 is 1.88 bits per heavy atom. The van der Waals surface area contributed by atoms with E-state index in [4.69, 9.17) is 14.0 Å². The van der Waals surface area contributed by atoms with Gasteiger partial charge in [0.25, 0.3) is 5.89 Å². The molecule has 0 aliphatic carbocycles. The second-order valence-corrected chi connectivity index (χ2v) is 7.65. The van der Waals surface area contributed by atoms with Crippen molar-refractivity contribution in [3.63, 3.8) is 0 Å². The molecule has 0 saturated heterocycles. The van der Waals surface area contributed by atoms with Gasteiger partial charge in [-0.2, -0.15) is 4.98 Å². The number of hydrogen-bond acceptors (Lipinski definition) is 6. The fraction of sp³-hybridized carbons (Fsp3) is 0.320. The zero-order valence-electron chi connectivity index (χ0n) is 19.1. The summed E-state index contributed by atoms with van der Waals surface area (Å²) >= 11 is 0. The van der Waals surface area contributed by atoms with Crippen LogP contribution >= 0.6 is 0 Å². The lowest BCUT2D eigenvalue weighted by atomic mass is 9.94. The first-order valence-corrected chi connectivity index (χ1v) is 11.0. The highest BCUT2D eigenvalue weighted by Gasteiger charge is 2.35. The first kappa shape index (κ1) is 22.5. The van der Waals surface area contributed by atoms with Crippen LogP contribution in [0.4, 0.5) is 4.79 Å². The highest BCUT2D eigenvalue weighted by atomic mass is 16.5. The third kappa shape index (κ3) is 4.90. The summed E-state index contributed by atoms with van der Waals surface area (Å²) in [5, 5.41) is 7.30. The van der Waals surface area contributed by atoms with Crippen molar-refractivity contribution >= 4 is 11.6 Å². The molecule has 0 bridgehead atoms. The number of nitrogens with zero attached hydrogens (tertiary/aromatic N) is 3. The molecular formula is C25H28N4O4. The zero-order chi connectivity index (χ0) is 23.2. The van der Waals surface area contributed by atoms with Gasteiger partial charge < -0.3 is 19.3 Å². The van der Waals surface area contributed by atoms with Crippen molar-refractivity contribution in [2.45, 2.75) is 26.3 Å². The number of nitrogens with one attached hydrogen (secondary N) is 1. The molecule has 3 aromatic rings. The molecule has 1 aliphatic rings. The molecule has 2 amide bonds. The lowest BCUT2D eigenvalue weighted by molar-refractivity contribution is 0.136. The maximum atomic E-state index is 13.0. The second kappa shape index (κ2) is 10.3. The van der Waals surface area contributed by atoms with Crippen LogP contribution in [0.15, 0.2) is 64.8 Å². The molecule has 0 fully saturated rings. The number of carbonyl (C=O) groups is 1. The zero-order valence-corrected chi connectivity index (χ0v) is 19.1. The first-order chi connectivity index (χ1) is 16.1. The maximum Gasteiger partial charge on any atom is 0.322 e. The van der Waals surface area contributed by atoms with E-state index in [1.54, 1.807) is 12.0 Å². The van der Waals surface area contributed by atoms with Crippen molar-refractivity contribution in [1.29, 1.82) is 0 Å². The SMILES string of the molecule is CCOCCCN1C(=O)NC(c2ccc(OC)cc2)C(c2nc(-c3ccccc3)no2)=C1C. The van der Waals surface area contributed by atoms with Gasteiger partial charge in [-0.25, -0.2) is 4.79 Å². The molecule has 4 rings (SSSR count). The Morgan fingerprint density at radius 1 is 1.12 bits per heavy atom. The second-order valence-electron chi connectivity index (χ2n) is 7.65. The normalized spacial score (nSPS) is 16.2. The van der Waals surface area contributed by atoms with Gasteiger partial charge in [0, 0.05) is 31.0 Å². The number of methoxy groups -OCH3 is 1. The Morgan fingerprint density at radius 3 is 2.58 bits per heavy atom. The number of allylic oxidation sites excluding steroid dienone is 1. The standard InChI is InChI=1S/C25H28N4O4/c1-4-32-16-8-15-29-17(2)21(24-27-23(28-33-24)19-9-6-5-7-10-19)22(26-25(29)30)18-11-13-20(31-3)14-12-18/h5-7,9-14,22H,4,8,15-16H2,1-3H3,(H,26,30). The summed E-state index contributed by atoms with van der Waals surface area (Å²) in [5.74, 6) is 1.62. The lowest BCUT2D eigenvalue weighted by Gasteiger charge is -2.35. The van der Waals surface area contributed by atoms with E-state index in [9.17, 15) is 4.79 Å². The van der Waals surface area contributed by atoms with Gasteiger partial charge in [0.05, 0.1) is 18.7 Å². The smallest absolute Gasteiger partial charge is 0.322 e. The highest BCUT2D eigenvalue weighted by molar-refractivity contribution is 5.86. The molecule has 0 radical (unpaired) electrons. The van der Waals surface area contributed by atoms with Crippen molar-refractivity contribution < 1.29 is 18.8 Å². The van der Waals surface area contributed by atoms with Crippen molar-refractivity contribution in [3.05, 3.63) is 71.7 Å². The van der Waals surface area contributed by atoms with Crippen LogP contribution in [0.5, 0.6) is 5.75 Å². The van der Waals surface area contributed by atoms with E-state index < -0.39 is 6.04 Å². The summed E-state index contributed by atoms with van der Waals surface area (Å²) < 4.78 is 16.4. The van der Waals surface area contributed by atoms with Gasteiger partial charge in [0.15, 0.2) is 0 Å². The average Bonchev–Trinajstić information content (AvgIpc) is 3.33. The molecule has 8 nitrogen and oxygen atoms in total. The van der Waals surface area contributed by atoms with E-state index in [0.717, 1.165) is 34.6 Å². The van der Waals surface area contributed by atoms with Gasteiger partial charge in [-0.05, 0) is 38.0 Å². The van der Waals surface area contributed by atoms with Crippen LogP contribution in [-0.4, -0.2) is 47.9 Å². The molecule has 172 valence electrons. The minimum absolute atomic E-state index is 0.170. The van der Waals surface area contributed by atoms with E-state index in [-0.39, 0.29) is 6.03 Å². The maximum absolute atomic E-state index is 13.0. The number of rotatable bonds is 9. The van der Waals surface area contributed by atoms with E-state index in [2.05, 4.69) is 15.5 Å². The summed E-state index contributed by atoms with van der Waals surface area (Å²) in [6.07, 6.45) is 0.720. The first-order valence-electron chi connectivity index (χ1n) is 11.0. The van der Waals surface area contributed by atoms with Crippen LogP contribution in [0.25, 0.3) is 17.0 Å². The molecule has 1 aromatic heterocycles. The molecule has 2 aromatic carbocycles. The largest absolute Gasteiger partial charge is 0.497 e. The Bertz CT molecular complexity index is 1110. The van der Waals surface area contributed by atoms with Crippen LogP contribution in [0.1, 0.15) is 37.8 Å². The van der Waals surface area contributed by atoms with Gasteiger partial charge in [0.1, 0.15) is 5.75 Å². The fourth-order valence-electron chi connectivity index (χ4n) is 3.88. The van der Waals surface area contributed by atoms with Gasteiger partial charge in [-0.3, -0.25) is 4.90 Å². The third-order valence-corrected chi connectivity index (χ3v) is 5.61. The highest BCUT2D eigenvalue weighted by Crippen LogP contribution is 2.37. The molecule has 8 heteroatoms. The van der Waals surface area contributed by atoms with E-state index in [1.807, 2.05) is 68.4 Å². The number of ether oxygens (including phenoxy) is 2. The van der Waals surface area contributed by atoms with Crippen molar-refractivity contribution in [2.24, 2.45) is 0 Å². The Balaban J connectivity index is 1.72. The number of benzene rings is 2. The van der Waals surface area contributed by atoms with Gasteiger partial charge >= 0.3 is 6.03 Å². The van der Waals surface area contributed by atoms with Crippen LogP contribution in [0.2, 0.25) is 0 Å². The van der Waals surface area contributed by atoms with Crippen molar-refractivity contribution in [2.75, 3.05) is 26.9 Å². The molecule has 1 aliphatic heterocycles. The predicted octanol–water partition coefficient (Wildman–Crippen LogP) is 4.67. The topological polar surface area (TPSA) is 89.7 Å². The monoisotopic (exact) mass is 448 g/mol. The summed E-state index contributed by atoms with van der Waals surface area (Å²) in [6, 6.07) is 16.6. The lowest BCUT2D eigenvalue weighted by Crippen LogP contribution is -2.46. The Labute approximate surface area is 193 Å². The van der Waals surface area contributed by atoms with Crippen LogP contribution < -0.4 is 10.1 Å². The predicted molar refractivity (Wildman–Crippen MR) is 124 cm³/mol. The molecule has 0 spiro atoms. The quantitative estimate of drug-likeness (QED) is 0.479. The van der Waals surface area contributed by atoms with E-state index in [0.29, 0.717) is 31.5 Å². The van der Waals surface area contributed by atoms with Gasteiger partial charge in [-0.1, -0.05) is 47.6 Å². The van der Waals surface area contributed by atoms with Crippen molar-refractivity contribution in [3.8, 4) is 17.1 Å². The van der Waals surface area contributed by atoms with Crippen LogP contribution in [0.3, 0.4) is 0 Å². The van der Waals surface area contributed by atoms with E-state index in [1.165, 1.54) is 0 Å². The third-order valence-electron chi connectivity index (χ3n) is 5.61. The number of amides is 2. The van der Waals surface area contributed by atoms with Crippen molar-refractivity contribution in [1.82, 2.24) is 20.4 Å². The van der Waals surface area contributed by atoms with Gasteiger partial charge in [-0.15, -0.1) is 0 Å². The summed E-state index contributed by atoms with van der Waals surface area (Å²) in [7, 11) is 1.62. The minimum Gasteiger partial charge on any atom is -0.497 e. The molecule has 1 atom stereocenters. The number of aromatic nitrogens is 2. The molecular weight excluding hydrogens is 420 g/mol. The molecule has 1 unspecified atom stereocenters. The summed E-state index contributed by atoms with van der Waals surface area (Å²) in [4.78, 5) is 19.4. The number of hydrogen-bond donors (Lipinski definition) is 1. The molecule has 1 N–H and O–H groups in total. The van der Waals surface area contributed by atoms with Crippen LogP contribution in [0, 0.1) is 0 Å². The number of carbonyl (C=O) groups excluding carboxylic acids is 1. The molecule has 33 heavy (non-hydrogen) atoms. The van der Waals surface area contributed by atoms with E-state index >= 15 is 0 Å². The fourth-order valence-corrected chi connectivity index (χ4v) is 3.88. The molecule has 0 saturated carbocycles. The molecule has 2 heterocycles. The number of urea groups is 1. The average molecular weight is 449 g/mol. The van der Waals surface area contributed by atoms with Gasteiger partial charge in [0.2, 0.25) is 5.82 Å². The Hall–Kier alpha value is -3.65. The Kier molecular flexibility index (Phi) is 7.04. The van der Waals surface area contributed by atoms with Crippen LogP contribution in [-0.2, 0) is 4.74 Å². The summed E-state index contributed by atoms with van der Waals surface area (Å²) in [5.41, 5.74) is 3.30.